The quantitative estimate of drug-likeness (QED) is 0.554. The molecule has 0 spiro atoms. The third kappa shape index (κ3) is 6.30. The van der Waals surface area contributed by atoms with Crippen LogP contribution in [0.5, 0.6) is 5.75 Å². The molecule has 2 aromatic rings. The molecule has 3 N–H and O–H groups in total. The van der Waals surface area contributed by atoms with Gasteiger partial charge in [-0.05, 0) is 81.2 Å². The summed E-state index contributed by atoms with van der Waals surface area (Å²) in [4.78, 5) is 0. The molecule has 3 rings (SSSR count). The molecule has 0 saturated heterocycles. The monoisotopic (exact) mass is 397 g/mol. The van der Waals surface area contributed by atoms with Crippen molar-refractivity contribution in [2.75, 3.05) is 13.2 Å². The highest BCUT2D eigenvalue weighted by molar-refractivity contribution is 5.35. The summed E-state index contributed by atoms with van der Waals surface area (Å²) in [6.07, 6.45) is 2.74. The van der Waals surface area contributed by atoms with E-state index in [9.17, 15) is 10.2 Å². The highest BCUT2D eigenvalue weighted by Crippen LogP contribution is 2.44. The molecular formula is C25H35NO3. The third-order valence-corrected chi connectivity index (χ3v) is 5.74. The molecule has 2 atom stereocenters. The summed E-state index contributed by atoms with van der Waals surface area (Å²) in [5.74, 6) is 0.899. The molecule has 158 valence electrons. The van der Waals surface area contributed by atoms with Crippen molar-refractivity contribution >= 4 is 0 Å². The van der Waals surface area contributed by atoms with Crippen LogP contribution >= 0.6 is 0 Å². The van der Waals surface area contributed by atoms with Gasteiger partial charge in [-0.3, -0.25) is 0 Å². The summed E-state index contributed by atoms with van der Waals surface area (Å²) < 4.78 is 6.19. The first kappa shape index (κ1) is 21.8. The van der Waals surface area contributed by atoms with E-state index in [1.165, 1.54) is 24.0 Å². The van der Waals surface area contributed by atoms with Gasteiger partial charge in [0, 0.05) is 12.1 Å². The second-order valence-electron chi connectivity index (χ2n) is 9.16. The lowest BCUT2D eigenvalue weighted by Crippen LogP contribution is -2.46. The van der Waals surface area contributed by atoms with Crippen LogP contribution in [0.15, 0.2) is 42.5 Å². The predicted octanol–water partition coefficient (Wildman–Crippen LogP) is 4.45. The number of aliphatic hydroxyl groups is 1. The van der Waals surface area contributed by atoms with Crippen LogP contribution in [0.1, 0.15) is 55.0 Å². The first-order valence-corrected chi connectivity index (χ1v) is 10.6. The van der Waals surface area contributed by atoms with Gasteiger partial charge in [0.05, 0.1) is 18.8 Å². The van der Waals surface area contributed by atoms with E-state index in [4.69, 9.17) is 4.74 Å². The topological polar surface area (TPSA) is 61.7 Å². The fraction of sp³-hybridized carbons (Fsp3) is 0.520. The summed E-state index contributed by atoms with van der Waals surface area (Å²) in [5, 5.41) is 23.7. The van der Waals surface area contributed by atoms with Gasteiger partial charge in [0.25, 0.3) is 0 Å². The molecule has 0 bridgehead atoms. The maximum atomic E-state index is 10.5. The number of aromatic hydroxyl groups is 1. The molecule has 29 heavy (non-hydrogen) atoms. The molecule has 1 fully saturated rings. The zero-order valence-corrected chi connectivity index (χ0v) is 18.1. The van der Waals surface area contributed by atoms with Crippen LogP contribution in [0.25, 0.3) is 0 Å². The van der Waals surface area contributed by atoms with Crippen molar-refractivity contribution in [3.8, 4) is 5.75 Å². The van der Waals surface area contributed by atoms with E-state index < -0.39 is 6.10 Å². The molecule has 2 aromatic carbocycles. The van der Waals surface area contributed by atoms with Gasteiger partial charge in [0.1, 0.15) is 5.75 Å². The van der Waals surface area contributed by atoms with E-state index in [1.54, 1.807) is 6.07 Å². The second kappa shape index (κ2) is 9.29. The van der Waals surface area contributed by atoms with Gasteiger partial charge in [-0.15, -0.1) is 0 Å². The Morgan fingerprint density at radius 2 is 1.83 bits per heavy atom. The van der Waals surface area contributed by atoms with Crippen molar-refractivity contribution in [1.29, 1.82) is 0 Å². The van der Waals surface area contributed by atoms with Crippen LogP contribution in [0.3, 0.4) is 0 Å². The van der Waals surface area contributed by atoms with E-state index in [2.05, 4.69) is 50.4 Å². The number of phenolic OH excluding ortho intramolecular Hbond substituents is 1. The molecule has 0 aliphatic heterocycles. The Morgan fingerprint density at radius 3 is 2.48 bits per heavy atom. The van der Waals surface area contributed by atoms with E-state index in [-0.39, 0.29) is 11.6 Å². The molecule has 1 aliphatic rings. The average Bonchev–Trinajstić information content (AvgIpc) is 3.50. The van der Waals surface area contributed by atoms with Crippen LogP contribution in [-0.4, -0.2) is 35.0 Å². The number of aliphatic hydroxyl groups excluding tert-OH is 1. The van der Waals surface area contributed by atoms with Crippen molar-refractivity contribution in [3.05, 3.63) is 64.7 Å². The Morgan fingerprint density at radius 1 is 1.10 bits per heavy atom. The van der Waals surface area contributed by atoms with Gasteiger partial charge in [-0.25, -0.2) is 0 Å². The summed E-state index contributed by atoms with van der Waals surface area (Å²) >= 11 is 0. The molecule has 4 heteroatoms. The zero-order valence-electron chi connectivity index (χ0n) is 18.1. The van der Waals surface area contributed by atoms with Crippen molar-refractivity contribution in [1.82, 2.24) is 5.32 Å². The van der Waals surface area contributed by atoms with E-state index in [0.717, 1.165) is 17.5 Å². The molecule has 0 aromatic heterocycles. The normalized spacial score (nSPS) is 16.6. The second-order valence-corrected chi connectivity index (χ2v) is 9.16. The number of rotatable bonds is 10. The Hall–Kier alpha value is -1.88. The van der Waals surface area contributed by atoms with Crippen LogP contribution in [0.2, 0.25) is 0 Å². The minimum Gasteiger partial charge on any atom is -0.508 e. The van der Waals surface area contributed by atoms with Crippen LogP contribution in [0.4, 0.5) is 0 Å². The summed E-state index contributed by atoms with van der Waals surface area (Å²) in [6.45, 7) is 9.10. The fourth-order valence-corrected chi connectivity index (χ4v) is 3.85. The summed E-state index contributed by atoms with van der Waals surface area (Å²) in [7, 11) is 0. The van der Waals surface area contributed by atoms with E-state index in [1.807, 2.05) is 19.1 Å². The first-order valence-electron chi connectivity index (χ1n) is 10.6. The fourth-order valence-electron chi connectivity index (χ4n) is 3.85. The molecule has 0 heterocycles. The zero-order chi connectivity index (χ0) is 21.0. The number of ether oxygens (including phenoxy) is 1. The molecule has 0 unspecified atom stereocenters. The van der Waals surface area contributed by atoms with Gasteiger partial charge >= 0.3 is 0 Å². The van der Waals surface area contributed by atoms with E-state index >= 15 is 0 Å². The lowest BCUT2D eigenvalue weighted by molar-refractivity contribution is -0.0213. The average molecular weight is 398 g/mol. The van der Waals surface area contributed by atoms with Crippen molar-refractivity contribution in [2.24, 2.45) is 5.92 Å². The van der Waals surface area contributed by atoms with Crippen LogP contribution in [0, 0.1) is 19.8 Å². The number of benzene rings is 2. The highest BCUT2D eigenvalue weighted by atomic mass is 16.5. The van der Waals surface area contributed by atoms with Gasteiger partial charge in [0.15, 0.2) is 0 Å². The van der Waals surface area contributed by atoms with Crippen molar-refractivity contribution in [2.45, 2.75) is 64.7 Å². The Labute approximate surface area is 174 Å². The molecule has 0 radical (unpaired) electrons. The molecule has 4 nitrogen and oxygen atoms in total. The SMILES string of the molecule is Cc1cc(CC(C)(C)NC[C@@H](O)CO[C@@H](c2ccccc2C)C2CC2)ccc1O. The number of β-amino-alcohol motifs (C(OH)–C–C–N with tert-alkyl or cyclic N) is 1. The van der Waals surface area contributed by atoms with Crippen LogP contribution in [-0.2, 0) is 11.2 Å². The van der Waals surface area contributed by atoms with Crippen molar-refractivity contribution < 1.29 is 14.9 Å². The first-order chi connectivity index (χ1) is 13.7. The van der Waals surface area contributed by atoms with Gasteiger partial charge < -0.3 is 20.3 Å². The third-order valence-electron chi connectivity index (χ3n) is 5.74. The Kier molecular flexibility index (Phi) is 6.99. The maximum absolute atomic E-state index is 10.5. The summed E-state index contributed by atoms with van der Waals surface area (Å²) in [5.41, 5.74) is 4.38. The van der Waals surface area contributed by atoms with Gasteiger partial charge in [-0.2, -0.15) is 0 Å². The largest absolute Gasteiger partial charge is 0.508 e. The minimum atomic E-state index is -0.555. The number of hydrogen-bond acceptors (Lipinski definition) is 4. The van der Waals surface area contributed by atoms with Gasteiger partial charge in [-0.1, -0.05) is 36.4 Å². The van der Waals surface area contributed by atoms with Crippen molar-refractivity contribution in [3.63, 3.8) is 0 Å². The Bertz CT molecular complexity index is 813. The molecule has 1 aliphatic carbocycles. The number of phenols is 1. The lowest BCUT2D eigenvalue weighted by Gasteiger charge is -2.29. The van der Waals surface area contributed by atoms with E-state index in [0.29, 0.717) is 24.8 Å². The summed E-state index contributed by atoms with van der Waals surface area (Å²) in [6, 6.07) is 14.1. The molecule has 1 saturated carbocycles. The van der Waals surface area contributed by atoms with Crippen LogP contribution < -0.4 is 5.32 Å². The highest BCUT2D eigenvalue weighted by Gasteiger charge is 2.34. The number of hydrogen-bond donors (Lipinski definition) is 3. The molecular weight excluding hydrogens is 362 g/mol. The Balaban J connectivity index is 1.50. The molecule has 0 amide bonds. The predicted molar refractivity (Wildman–Crippen MR) is 117 cm³/mol. The maximum Gasteiger partial charge on any atom is 0.118 e. The number of aryl methyl sites for hydroxylation is 2. The lowest BCUT2D eigenvalue weighted by atomic mass is 9.93. The standard InChI is InChI=1S/C25H35NO3/c1-17-7-5-6-8-22(17)24(20-10-11-20)29-16-21(27)15-26-25(3,4)14-19-9-12-23(28)18(2)13-19/h5-9,12-13,20-21,24,26-28H,10-11,14-16H2,1-4H3/t21-,24-/m1/s1. The van der Waals surface area contributed by atoms with Gasteiger partial charge in [0.2, 0.25) is 0 Å². The minimum absolute atomic E-state index is 0.0823. The number of nitrogens with one attached hydrogen (secondary N) is 1. The smallest absolute Gasteiger partial charge is 0.118 e.